The van der Waals surface area contributed by atoms with Gasteiger partial charge in [0.2, 0.25) is 0 Å². The van der Waals surface area contributed by atoms with Gasteiger partial charge in [0, 0.05) is 6.42 Å². The van der Waals surface area contributed by atoms with Crippen molar-refractivity contribution in [1.29, 1.82) is 0 Å². The van der Waals surface area contributed by atoms with E-state index in [9.17, 15) is 5.11 Å². The summed E-state index contributed by atoms with van der Waals surface area (Å²) in [6, 6.07) is 7.76. The zero-order valence-electron chi connectivity index (χ0n) is 8.20. The van der Waals surface area contributed by atoms with Crippen LogP contribution in [0.4, 0.5) is 0 Å². The minimum absolute atomic E-state index is 0.175. The van der Waals surface area contributed by atoms with Gasteiger partial charge in [0.25, 0.3) is 0 Å². The number of benzene rings is 1. The Labute approximate surface area is 79.4 Å². The molecular weight excluding hydrogens is 162 g/mol. The first kappa shape index (κ1) is 10.2. The van der Waals surface area contributed by atoms with Crippen LogP contribution in [0.25, 0.3) is 0 Å². The number of hydrogen-bond acceptors (Lipinski definition) is 2. The van der Waals surface area contributed by atoms with E-state index in [0.29, 0.717) is 6.42 Å². The molecule has 2 heteroatoms. The highest BCUT2D eigenvalue weighted by atomic mass is 16.3. The lowest BCUT2D eigenvalue weighted by atomic mass is 10.1. The highest BCUT2D eigenvalue weighted by molar-refractivity contribution is 5.35. The van der Waals surface area contributed by atoms with Crippen LogP contribution in [0.5, 0.6) is 0 Å². The van der Waals surface area contributed by atoms with E-state index in [-0.39, 0.29) is 12.1 Å². The van der Waals surface area contributed by atoms with Gasteiger partial charge in [0.05, 0.1) is 12.1 Å². The third-order valence-electron chi connectivity index (χ3n) is 2.26. The Morgan fingerprint density at radius 1 is 1.31 bits per heavy atom. The van der Waals surface area contributed by atoms with E-state index in [1.165, 1.54) is 5.56 Å². The van der Waals surface area contributed by atoms with Crippen LogP contribution in [0.1, 0.15) is 31.0 Å². The Balaban J connectivity index is 0.000000396. The van der Waals surface area contributed by atoms with Crippen molar-refractivity contribution >= 4 is 0 Å². The third kappa shape index (κ3) is 1.90. The van der Waals surface area contributed by atoms with E-state index in [4.69, 9.17) is 5.73 Å². The molecule has 2 rings (SSSR count). The van der Waals surface area contributed by atoms with E-state index in [1.54, 1.807) is 0 Å². The molecule has 2 atom stereocenters. The highest BCUT2D eigenvalue weighted by Gasteiger charge is 2.26. The van der Waals surface area contributed by atoms with Crippen molar-refractivity contribution in [1.82, 2.24) is 0 Å². The molecule has 72 valence electrons. The molecule has 0 fully saturated rings. The molecule has 0 spiro atoms. The average molecular weight is 179 g/mol. The predicted octanol–water partition coefficient (Wildman–Crippen LogP) is 1.63. The molecule has 1 aliphatic rings. The van der Waals surface area contributed by atoms with E-state index in [0.717, 1.165) is 5.56 Å². The molecule has 0 amide bonds. The van der Waals surface area contributed by atoms with Gasteiger partial charge in [0.1, 0.15) is 0 Å². The number of aliphatic hydroxyl groups is 1. The highest BCUT2D eigenvalue weighted by Crippen LogP contribution is 2.28. The van der Waals surface area contributed by atoms with Crippen LogP contribution >= 0.6 is 0 Å². The molecule has 0 bridgehead atoms. The zero-order valence-corrected chi connectivity index (χ0v) is 8.20. The maximum Gasteiger partial charge on any atom is 0.0773 e. The van der Waals surface area contributed by atoms with Gasteiger partial charge in [-0.15, -0.1) is 0 Å². The van der Waals surface area contributed by atoms with E-state index < -0.39 is 0 Å². The lowest BCUT2D eigenvalue weighted by Gasteiger charge is -2.07. The second kappa shape index (κ2) is 4.40. The van der Waals surface area contributed by atoms with Crippen LogP contribution in [0.2, 0.25) is 0 Å². The first-order chi connectivity index (χ1) is 6.29. The quantitative estimate of drug-likeness (QED) is 0.636. The van der Waals surface area contributed by atoms with Gasteiger partial charge in [0.15, 0.2) is 0 Å². The maximum absolute atomic E-state index is 9.39. The first-order valence-electron chi connectivity index (χ1n) is 4.80. The number of nitrogens with two attached hydrogens (primary N) is 1. The fraction of sp³-hybridized carbons (Fsp3) is 0.455. The molecule has 0 aliphatic heterocycles. The van der Waals surface area contributed by atoms with Crippen LogP contribution in [0.15, 0.2) is 24.3 Å². The lowest BCUT2D eigenvalue weighted by molar-refractivity contribution is 0.158. The summed E-state index contributed by atoms with van der Waals surface area (Å²) in [7, 11) is 0. The Morgan fingerprint density at radius 2 is 1.92 bits per heavy atom. The third-order valence-corrected chi connectivity index (χ3v) is 2.26. The second-order valence-corrected chi connectivity index (χ2v) is 3.00. The van der Waals surface area contributed by atoms with Crippen LogP contribution in [-0.4, -0.2) is 11.2 Å². The Bertz CT molecular complexity index is 273. The van der Waals surface area contributed by atoms with Crippen molar-refractivity contribution in [2.45, 2.75) is 32.4 Å². The SMILES string of the molecule is CC.N[C@H]1c2ccccc2CC1O. The van der Waals surface area contributed by atoms with Crippen molar-refractivity contribution in [3.05, 3.63) is 35.4 Å². The normalized spacial score (nSPS) is 24.6. The molecule has 13 heavy (non-hydrogen) atoms. The number of rotatable bonds is 0. The van der Waals surface area contributed by atoms with Crippen LogP contribution in [0, 0.1) is 0 Å². The molecule has 1 aromatic rings. The summed E-state index contributed by atoms with van der Waals surface area (Å²) in [5.74, 6) is 0. The first-order valence-corrected chi connectivity index (χ1v) is 4.80. The van der Waals surface area contributed by atoms with Crippen molar-refractivity contribution < 1.29 is 5.11 Å². The summed E-state index contributed by atoms with van der Waals surface area (Å²) in [4.78, 5) is 0. The molecular formula is C11H17NO. The minimum atomic E-state index is -0.382. The number of fused-ring (bicyclic) bond motifs is 1. The summed E-state index contributed by atoms with van der Waals surface area (Å²) >= 11 is 0. The summed E-state index contributed by atoms with van der Waals surface area (Å²) in [6.07, 6.45) is 0.324. The van der Waals surface area contributed by atoms with E-state index in [1.807, 2.05) is 38.1 Å². The van der Waals surface area contributed by atoms with Gasteiger partial charge >= 0.3 is 0 Å². The summed E-state index contributed by atoms with van der Waals surface area (Å²) in [6.45, 7) is 4.00. The topological polar surface area (TPSA) is 46.2 Å². The van der Waals surface area contributed by atoms with Crippen molar-refractivity contribution in [2.75, 3.05) is 0 Å². The zero-order chi connectivity index (χ0) is 9.84. The largest absolute Gasteiger partial charge is 0.391 e. The second-order valence-electron chi connectivity index (χ2n) is 3.00. The molecule has 2 nitrogen and oxygen atoms in total. The summed E-state index contributed by atoms with van der Waals surface area (Å²) < 4.78 is 0. The minimum Gasteiger partial charge on any atom is -0.391 e. The molecule has 0 radical (unpaired) electrons. The summed E-state index contributed by atoms with van der Waals surface area (Å²) in [5.41, 5.74) is 8.02. The van der Waals surface area contributed by atoms with E-state index in [2.05, 4.69) is 0 Å². The van der Waals surface area contributed by atoms with Gasteiger partial charge in [-0.3, -0.25) is 0 Å². The maximum atomic E-state index is 9.39. The Morgan fingerprint density at radius 3 is 2.54 bits per heavy atom. The molecule has 1 aromatic carbocycles. The standard InChI is InChI=1S/C9H11NO.C2H6/c10-9-7-4-2-1-3-6(7)5-8(9)11;1-2/h1-4,8-9,11H,5,10H2;1-2H3/t8?,9-;/m0./s1. The number of aliphatic hydroxyl groups excluding tert-OH is 1. The average Bonchev–Trinajstić information content (AvgIpc) is 2.47. The molecule has 1 aliphatic carbocycles. The molecule has 0 aromatic heterocycles. The molecule has 3 N–H and O–H groups in total. The Kier molecular flexibility index (Phi) is 3.46. The summed E-state index contributed by atoms with van der Waals surface area (Å²) in [5, 5.41) is 9.39. The fourth-order valence-electron chi connectivity index (χ4n) is 1.60. The Hall–Kier alpha value is -0.860. The lowest BCUT2D eigenvalue weighted by Crippen LogP contribution is -2.21. The van der Waals surface area contributed by atoms with Crippen LogP contribution in [0.3, 0.4) is 0 Å². The van der Waals surface area contributed by atoms with Gasteiger partial charge < -0.3 is 10.8 Å². The smallest absolute Gasteiger partial charge is 0.0773 e. The molecule has 1 unspecified atom stereocenters. The molecule has 0 saturated carbocycles. The van der Waals surface area contributed by atoms with Crippen LogP contribution < -0.4 is 5.73 Å². The van der Waals surface area contributed by atoms with Gasteiger partial charge in [-0.25, -0.2) is 0 Å². The van der Waals surface area contributed by atoms with Gasteiger partial charge in [-0.2, -0.15) is 0 Å². The van der Waals surface area contributed by atoms with E-state index >= 15 is 0 Å². The molecule has 0 heterocycles. The number of hydrogen-bond donors (Lipinski definition) is 2. The molecule has 0 saturated heterocycles. The van der Waals surface area contributed by atoms with Gasteiger partial charge in [-0.1, -0.05) is 38.1 Å². The van der Waals surface area contributed by atoms with Crippen molar-refractivity contribution in [2.24, 2.45) is 5.73 Å². The fourth-order valence-corrected chi connectivity index (χ4v) is 1.60. The van der Waals surface area contributed by atoms with Crippen LogP contribution in [-0.2, 0) is 6.42 Å². The van der Waals surface area contributed by atoms with Crippen molar-refractivity contribution in [3.63, 3.8) is 0 Å². The predicted molar refractivity (Wildman–Crippen MR) is 54.4 cm³/mol. The monoisotopic (exact) mass is 179 g/mol. The van der Waals surface area contributed by atoms with Gasteiger partial charge in [-0.05, 0) is 11.1 Å². The van der Waals surface area contributed by atoms with Crippen molar-refractivity contribution in [3.8, 4) is 0 Å².